The Labute approximate surface area is 156 Å². The molecule has 0 N–H and O–H groups in total. The van der Waals surface area contributed by atoms with Gasteiger partial charge in [0.15, 0.2) is 0 Å². The van der Waals surface area contributed by atoms with Crippen LogP contribution in [0.25, 0.3) is 0 Å². The third-order valence-corrected chi connectivity index (χ3v) is 5.49. The lowest BCUT2D eigenvalue weighted by molar-refractivity contribution is 0.165. The molecule has 0 saturated heterocycles. The molecule has 25 heavy (non-hydrogen) atoms. The maximum Gasteiger partial charge on any atom is 0.130 e. The summed E-state index contributed by atoms with van der Waals surface area (Å²) in [7, 11) is 0. The molecule has 0 aliphatic heterocycles. The van der Waals surface area contributed by atoms with Crippen molar-refractivity contribution in [3.8, 4) is 0 Å². The van der Waals surface area contributed by atoms with Crippen molar-refractivity contribution in [3.63, 3.8) is 0 Å². The van der Waals surface area contributed by atoms with Gasteiger partial charge in [-0.1, -0.05) is 98.9 Å². The minimum absolute atomic E-state index is 0.320. The number of hydrogen-bond donors (Lipinski definition) is 0. The van der Waals surface area contributed by atoms with Crippen molar-refractivity contribution < 1.29 is 4.39 Å². The quantitative estimate of drug-likeness (QED) is 0.502. The summed E-state index contributed by atoms with van der Waals surface area (Å²) >= 11 is 0. The van der Waals surface area contributed by atoms with Crippen LogP contribution in [0.2, 0.25) is 0 Å². The van der Waals surface area contributed by atoms with Crippen LogP contribution >= 0.6 is 0 Å². The molecule has 2 rings (SSSR count). The molecule has 144 valence electrons. The Morgan fingerprint density at radius 1 is 0.800 bits per heavy atom. The number of hydrogen-bond acceptors (Lipinski definition) is 0. The first-order chi connectivity index (χ1) is 11.4. The summed E-state index contributed by atoms with van der Waals surface area (Å²) < 4.78 is 14.0. The third-order valence-electron chi connectivity index (χ3n) is 5.49. The fourth-order valence-corrected chi connectivity index (χ4v) is 3.52. The van der Waals surface area contributed by atoms with Crippen molar-refractivity contribution >= 4 is 0 Å². The molecule has 0 radical (unpaired) electrons. The summed E-state index contributed by atoms with van der Waals surface area (Å²) in [5, 5.41) is 0. The maximum absolute atomic E-state index is 14.0. The molecule has 1 unspecified atom stereocenters. The lowest BCUT2D eigenvalue weighted by Gasteiger charge is -2.33. The van der Waals surface area contributed by atoms with E-state index in [0.29, 0.717) is 11.3 Å². The highest BCUT2D eigenvalue weighted by molar-refractivity contribution is 5.26. The Morgan fingerprint density at radius 3 is 1.56 bits per heavy atom. The van der Waals surface area contributed by atoms with Crippen LogP contribution < -0.4 is 0 Å². The highest BCUT2D eigenvalue weighted by atomic mass is 19.1. The molecule has 1 aliphatic carbocycles. The minimum atomic E-state index is -0.890. The third kappa shape index (κ3) is 7.50. The summed E-state index contributed by atoms with van der Waals surface area (Å²) in [6.45, 7) is 17.2. The zero-order valence-corrected chi connectivity index (χ0v) is 18.0. The van der Waals surface area contributed by atoms with E-state index in [1.165, 1.54) is 37.7 Å². The van der Waals surface area contributed by atoms with E-state index >= 15 is 0 Å². The molecule has 0 aromatic heterocycles. The van der Waals surface area contributed by atoms with Gasteiger partial charge in [0, 0.05) is 0 Å². The SMILES string of the molecule is CC(C)(C)C1CCCCC1.CC(C)c1ccc(C(F)C(C)(C)C)cc1. The molecule has 1 saturated carbocycles. The summed E-state index contributed by atoms with van der Waals surface area (Å²) in [5.74, 6) is 1.51. The largest absolute Gasteiger partial charge is 0.242 e. The van der Waals surface area contributed by atoms with E-state index in [1.807, 2.05) is 45.0 Å². The smallest absolute Gasteiger partial charge is 0.130 e. The van der Waals surface area contributed by atoms with Crippen LogP contribution in [0.3, 0.4) is 0 Å². The summed E-state index contributed by atoms with van der Waals surface area (Å²) in [6, 6.07) is 7.87. The second-order valence-corrected chi connectivity index (χ2v) is 10.3. The van der Waals surface area contributed by atoms with E-state index < -0.39 is 6.17 Å². The van der Waals surface area contributed by atoms with Gasteiger partial charge in [-0.3, -0.25) is 0 Å². The van der Waals surface area contributed by atoms with Gasteiger partial charge in [0.25, 0.3) is 0 Å². The Hall–Kier alpha value is -0.850. The molecule has 0 bridgehead atoms. The van der Waals surface area contributed by atoms with Gasteiger partial charge < -0.3 is 0 Å². The predicted molar refractivity (Wildman–Crippen MR) is 110 cm³/mol. The van der Waals surface area contributed by atoms with Crippen LogP contribution in [0.4, 0.5) is 4.39 Å². The zero-order valence-electron chi connectivity index (χ0n) is 18.0. The van der Waals surface area contributed by atoms with Gasteiger partial charge in [-0.15, -0.1) is 0 Å². The monoisotopic (exact) mass is 348 g/mol. The van der Waals surface area contributed by atoms with Gasteiger partial charge >= 0.3 is 0 Å². The Bertz CT molecular complexity index is 478. The van der Waals surface area contributed by atoms with Crippen LogP contribution in [0.15, 0.2) is 24.3 Å². The molecule has 1 heteroatoms. The molecule has 1 aromatic rings. The number of rotatable bonds is 2. The minimum Gasteiger partial charge on any atom is -0.242 e. The normalized spacial score (nSPS) is 17.8. The molecule has 0 nitrogen and oxygen atoms in total. The summed E-state index contributed by atoms with van der Waals surface area (Å²) in [5.41, 5.74) is 2.30. The van der Waals surface area contributed by atoms with Crippen LogP contribution in [0.5, 0.6) is 0 Å². The van der Waals surface area contributed by atoms with Crippen molar-refractivity contribution in [3.05, 3.63) is 35.4 Å². The standard InChI is InChI=1S/C14H21F.C10H20/c1-10(2)11-6-8-12(9-7-11)13(15)14(3,4)5;1-10(2,3)9-7-5-4-6-8-9/h6-10,13H,1-5H3;9H,4-8H2,1-3H3. The van der Waals surface area contributed by atoms with Crippen molar-refractivity contribution in [2.24, 2.45) is 16.7 Å². The van der Waals surface area contributed by atoms with Crippen molar-refractivity contribution in [2.45, 2.75) is 99.6 Å². The van der Waals surface area contributed by atoms with Gasteiger partial charge in [-0.05, 0) is 46.6 Å². The molecule has 0 spiro atoms. The average Bonchev–Trinajstić information content (AvgIpc) is 2.54. The molecule has 1 fully saturated rings. The molecule has 1 atom stereocenters. The van der Waals surface area contributed by atoms with Crippen LogP contribution in [0, 0.1) is 16.7 Å². The van der Waals surface area contributed by atoms with E-state index in [4.69, 9.17) is 0 Å². The molecular formula is C24H41F. The molecule has 0 amide bonds. The summed E-state index contributed by atoms with van der Waals surface area (Å²) in [4.78, 5) is 0. The number of halogens is 1. The summed E-state index contributed by atoms with van der Waals surface area (Å²) in [6.07, 6.45) is 6.49. The number of alkyl halides is 1. The van der Waals surface area contributed by atoms with Gasteiger partial charge in [0.1, 0.15) is 6.17 Å². The highest BCUT2D eigenvalue weighted by Crippen LogP contribution is 2.37. The topological polar surface area (TPSA) is 0 Å². The van der Waals surface area contributed by atoms with E-state index in [2.05, 4.69) is 34.6 Å². The Balaban J connectivity index is 0.000000271. The van der Waals surface area contributed by atoms with E-state index in [0.717, 1.165) is 11.5 Å². The van der Waals surface area contributed by atoms with Gasteiger partial charge in [0.2, 0.25) is 0 Å². The molecule has 0 heterocycles. The first kappa shape index (κ1) is 22.2. The van der Waals surface area contributed by atoms with Crippen molar-refractivity contribution in [2.75, 3.05) is 0 Å². The fraction of sp³-hybridized carbons (Fsp3) is 0.750. The fourth-order valence-electron chi connectivity index (χ4n) is 3.52. The van der Waals surface area contributed by atoms with Gasteiger partial charge in [-0.2, -0.15) is 0 Å². The second-order valence-electron chi connectivity index (χ2n) is 10.3. The van der Waals surface area contributed by atoms with E-state index in [9.17, 15) is 4.39 Å². The highest BCUT2D eigenvalue weighted by Gasteiger charge is 2.26. The Kier molecular flexibility index (Phi) is 8.16. The zero-order chi connectivity index (χ0) is 19.3. The van der Waals surface area contributed by atoms with Gasteiger partial charge in [0.05, 0.1) is 0 Å². The molecule has 1 aliphatic rings. The second kappa shape index (κ2) is 9.19. The van der Waals surface area contributed by atoms with Crippen LogP contribution in [-0.4, -0.2) is 0 Å². The predicted octanol–water partition coefficient (Wildman–Crippen LogP) is 8.48. The first-order valence-corrected chi connectivity index (χ1v) is 10.2. The van der Waals surface area contributed by atoms with E-state index in [1.54, 1.807) is 0 Å². The number of benzene rings is 1. The lowest BCUT2D eigenvalue weighted by atomic mass is 9.72. The van der Waals surface area contributed by atoms with Crippen molar-refractivity contribution in [1.82, 2.24) is 0 Å². The van der Waals surface area contributed by atoms with Crippen LogP contribution in [-0.2, 0) is 0 Å². The lowest BCUT2D eigenvalue weighted by Crippen LogP contribution is -2.22. The van der Waals surface area contributed by atoms with Crippen LogP contribution in [0.1, 0.15) is 111 Å². The van der Waals surface area contributed by atoms with Gasteiger partial charge in [-0.25, -0.2) is 4.39 Å². The first-order valence-electron chi connectivity index (χ1n) is 10.2. The maximum atomic E-state index is 14.0. The van der Waals surface area contributed by atoms with Crippen molar-refractivity contribution in [1.29, 1.82) is 0 Å². The molecule has 1 aromatic carbocycles. The average molecular weight is 349 g/mol. The Morgan fingerprint density at radius 2 is 1.24 bits per heavy atom. The van der Waals surface area contributed by atoms with E-state index in [-0.39, 0.29) is 5.41 Å². The molecular weight excluding hydrogens is 307 g/mol.